The molecule has 2 aromatic carbocycles. The quantitative estimate of drug-likeness (QED) is 0.777. The second kappa shape index (κ2) is 6.76. The van der Waals surface area contributed by atoms with Crippen molar-refractivity contribution in [3.8, 4) is 11.5 Å². The predicted octanol–water partition coefficient (Wildman–Crippen LogP) is 3.83. The molecule has 0 saturated heterocycles. The van der Waals surface area contributed by atoms with Crippen LogP contribution in [0, 0.1) is 0 Å². The molecule has 0 fully saturated rings. The number of ether oxygens (including phenoxy) is 2. The molecule has 1 N–H and O–H groups in total. The fourth-order valence-electron chi connectivity index (χ4n) is 2.71. The molecule has 0 aliphatic carbocycles. The topological polar surface area (TPSA) is 63.7 Å². The van der Waals surface area contributed by atoms with E-state index < -0.39 is 0 Å². The van der Waals surface area contributed by atoms with Crippen LogP contribution in [0.15, 0.2) is 67.0 Å². The van der Waals surface area contributed by atoms with Crippen molar-refractivity contribution in [2.45, 2.75) is 0 Å². The molecule has 6 heteroatoms. The van der Waals surface area contributed by atoms with Gasteiger partial charge in [-0.25, -0.2) is 0 Å². The molecule has 1 aliphatic heterocycles. The van der Waals surface area contributed by atoms with Gasteiger partial charge in [-0.05, 0) is 30.3 Å². The molecule has 0 spiro atoms. The molecule has 0 saturated carbocycles. The summed E-state index contributed by atoms with van der Waals surface area (Å²) < 4.78 is 10.6. The first kappa shape index (κ1) is 16.0. The monoisotopic (exact) mass is 347 g/mol. The van der Waals surface area contributed by atoms with E-state index in [1.54, 1.807) is 30.6 Å². The van der Waals surface area contributed by atoms with E-state index in [2.05, 4.69) is 10.3 Å². The van der Waals surface area contributed by atoms with Crippen LogP contribution in [0.3, 0.4) is 0 Å². The van der Waals surface area contributed by atoms with Crippen molar-refractivity contribution in [2.24, 2.45) is 0 Å². The van der Waals surface area contributed by atoms with Gasteiger partial charge in [0.15, 0.2) is 11.5 Å². The second-order valence-electron chi connectivity index (χ2n) is 5.85. The number of carbonyl (C=O) groups excluding carboxylic acids is 1. The van der Waals surface area contributed by atoms with Gasteiger partial charge in [-0.1, -0.05) is 18.2 Å². The fourth-order valence-corrected chi connectivity index (χ4v) is 2.71. The van der Waals surface area contributed by atoms with E-state index in [1.807, 2.05) is 48.3 Å². The molecule has 1 aromatic heterocycles. The van der Waals surface area contributed by atoms with Crippen LogP contribution in [0.4, 0.5) is 17.1 Å². The molecule has 0 unspecified atom stereocenters. The van der Waals surface area contributed by atoms with Crippen molar-refractivity contribution >= 4 is 23.0 Å². The second-order valence-corrected chi connectivity index (χ2v) is 5.85. The van der Waals surface area contributed by atoms with Crippen LogP contribution in [0.2, 0.25) is 0 Å². The van der Waals surface area contributed by atoms with E-state index in [0.29, 0.717) is 22.7 Å². The Morgan fingerprint density at radius 3 is 2.65 bits per heavy atom. The van der Waals surface area contributed by atoms with Gasteiger partial charge in [0.2, 0.25) is 6.79 Å². The van der Waals surface area contributed by atoms with Gasteiger partial charge in [-0.2, -0.15) is 0 Å². The zero-order valence-corrected chi connectivity index (χ0v) is 14.2. The summed E-state index contributed by atoms with van der Waals surface area (Å²) >= 11 is 0. The highest BCUT2D eigenvalue weighted by Gasteiger charge is 2.15. The number of hydrogen-bond donors (Lipinski definition) is 1. The van der Waals surface area contributed by atoms with Gasteiger partial charge in [-0.3, -0.25) is 9.78 Å². The minimum absolute atomic E-state index is 0.199. The number of hydrogen-bond acceptors (Lipinski definition) is 5. The number of rotatable bonds is 4. The Kier molecular flexibility index (Phi) is 4.15. The molecule has 6 nitrogen and oxygen atoms in total. The number of pyridine rings is 1. The van der Waals surface area contributed by atoms with Gasteiger partial charge >= 0.3 is 0 Å². The van der Waals surface area contributed by atoms with Crippen LogP contribution in [-0.2, 0) is 0 Å². The van der Waals surface area contributed by atoms with Crippen LogP contribution < -0.4 is 19.7 Å². The van der Waals surface area contributed by atoms with E-state index >= 15 is 0 Å². The maximum absolute atomic E-state index is 12.6. The highest BCUT2D eigenvalue weighted by atomic mass is 16.7. The van der Waals surface area contributed by atoms with Crippen LogP contribution in [0.5, 0.6) is 11.5 Å². The van der Waals surface area contributed by atoms with E-state index in [1.165, 1.54) is 0 Å². The van der Waals surface area contributed by atoms with Gasteiger partial charge in [-0.15, -0.1) is 0 Å². The predicted molar refractivity (Wildman–Crippen MR) is 99.3 cm³/mol. The van der Waals surface area contributed by atoms with Crippen molar-refractivity contribution in [3.05, 3.63) is 72.6 Å². The molecule has 1 amide bonds. The first-order valence-corrected chi connectivity index (χ1v) is 8.15. The summed E-state index contributed by atoms with van der Waals surface area (Å²) in [6.45, 7) is 0.199. The molecule has 130 valence electrons. The average molecular weight is 347 g/mol. The Morgan fingerprint density at radius 1 is 1.00 bits per heavy atom. The van der Waals surface area contributed by atoms with Crippen molar-refractivity contribution < 1.29 is 14.3 Å². The van der Waals surface area contributed by atoms with Crippen molar-refractivity contribution in [1.82, 2.24) is 4.98 Å². The van der Waals surface area contributed by atoms with Gasteiger partial charge < -0.3 is 19.7 Å². The Bertz CT molecular complexity index is 944. The van der Waals surface area contributed by atoms with Gasteiger partial charge in [0, 0.05) is 30.7 Å². The molecular weight excluding hydrogens is 330 g/mol. The zero-order chi connectivity index (χ0) is 17.9. The van der Waals surface area contributed by atoms with Crippen LogP contribution in [0.1, 0.15) is 10.4 Å². The third-order valence-electron chi connectivity index (χ3n) is 4.15. The number of aromatic nitrogens is 1. The van der Waals surface area contributed by atoms with Crippen molar-refractivity contribution in [1.29, 1.82) is 0 Å². The first-order valence-electron chi connectivity index (χ1n) is 8.15. The number of nitrogens with zero attached hydrogens (tertiary/aromatic N) is 2. The lowest BCUT2D eigenvalue weighted by molar-refractivity contribution is 0.102. The van der Waals surface area contributed by atoms with Gasteiger partial charge in [0.05, 0.1) is 17.4 Å². The van der Waals surface area contributed by atoms with Gasteiger partial charge in [0.1, 0.15) is 0 Å². The lowest BCUT2D eigenvalue weighted by atomic mass is 10.2. The fraction of sp³-hybridized carbons (Fsp3) is 0.100. The molecule has 0 radical (unpaired) electrons. The third-order valence-corrected chi connectivity index (χ3v) is 4.15. The number of nitrogens with one attached hydrogen (secondary N) is 1. The number of carbonyl (C=O) groups is 1. The largest absolute Gasteiger partial charge is 0.454 e. The number of amides is 1. The molecule has 26 heavy (non-hydrogen) atoms. The van der Waals surface area contributed by atoms with E-state index in [-0.39, 0.29) is 12.7 Å². The van der Waals surface area contributed by atoms with Gasteiger partial charge in [0.25, 0.3) is 5.91 Å². The van der Waals surface area contributed by atoms with Crippen LogP contribution in [0.25, 0.3) is 0 Å². The van der Waals surface area contributed by atoms with Crippen molar-refractivity contribution in [2.75, 3.05) is 24.1 Å². The third kappa shape index (κ3) is 3.17. The summed E-state index contributed by atoms with van der Waals surface area (Å²) in [4.78, 5) is 18.8. The number of benzene rings is 2. The summed E-state index contributed by atoms with van der Waals surface area (Å²) in [5.74, 6) is 1.06. The molecule has 1 aliphatic rings. The summed E-state index contributed by atoms with van der Waals surface area (Å²) in [6, 6.07) is 17.0. The van der Waals surface area contributed by atoms with E-state index in [4.69, 9.17) is 9.47 Å². The number of anilines is 3. The van der Waals surface area contributed by atoms with Crippen LogP contribution in [-0.4, -0.2) is 24.7 Å². The smallest absolute Gasteiger partial charge is 0.257 e. The first-order chi connectivity index (χ1) is 12.7. The molecule has 0 bridgehead atoms. The van der Waals surface area contributed by atoms with Crippen LogP contribution >= 0.6 is 0 Å². The summed E-state index contributed by atoms with van der Waals surface area (Å²) in [7, 11) is 1.94. The maximum atomic E-state index is 12.6. The Hall–Kier alpha value is -3.54. The van der Waals surface area contributed by atoms with Crippen molar-refractivity contribution in [3.63, 3.8) is 0 Å². The molecule has 4 rings (SSSR count). The normalized spacial score (nSPS) is 11.9. The Balaban J connectivity index is 1.53. The number of fused-ring (bicyclic) bond motifs is 1. The summed E-state index contributed by atoms with van der Waals surface area (Å²) in [5.41, 5.74) is 2.96. The number of para-hydroxylation sites is 1. The minimum atomic E-state index is -0.236. The average Bonchev–Trinajstić information content (AvgIpc) is 3.16. The summed E-state index contributed by atoms with van der Waals surface area (Å²) in [6.07, 6.45) is 3.27. The molecule has 0 atom stereocenters. The molecule has 3 aromatic rings. The lowest BCUT2D eigenvalue weighted by Gasteiger charge is -2.19. The Morgan fingerprint density at radius 2 is 1.81 bits per heavy atom. The summed E-state index contributed by atoms with van der Waals surface area (Å²) in [5, 5.41) is 2.86. The minimum Gasteiger partial charge on any atom is -0.454 e. The van der Waals surface area contributed by atoms with E-state index in [0.717, 1.165) is 11.4 Å². The maximum Gasteiger partial charge on any atom is 0.257 e. The zero-order valence-electron chi connectivity index (χ0n) is 14.2. The molecule has 2 heterocycles. The molecular formula is C20H17N3O3. The Labute approximate surface area is 151 Å². The highest BCUT2D eigenvalue weighted by molar-refractivity contribution is 6.04. The SMILES string of the molecule is CN(c1ccccc1)c1cncc(C(=O)Nc2ccc3c(c2)OCO3)c1. The lowest BCUT2D eigenvalue weighted by Crippen LogP contribution is -2.14. The highest BCUT2D eigenvalue weighted by Crippen LogP contribution is 2.34. The van der Waals surface area contributed by atoms with E-state index in [9.17, 15) is 4.79 Å². The standard InChI is InChI=1S/C20H17N3O3/c1-23(16-5-3-2-4-6-16)17-9-14(11-21-12-17)20(24)22-15-7-8-18-19(10-15)26-13-25-18/h2-12H,13H2,1H3,(H,22,24).